The molecular weight excluding hydrogens is 324 g/mol. The van der Waals surface area contributed by atoms with Crippen LogP contribution < -0.4 is 5.32 Å². The van der Waals surface area contributed by atoms with Gasteiger partial charge in [-0.3, -0.25) is 4.79 Å². The molecule has 0 atom stereocenters. The molecule has 6 nitrogen and oxygen atoms in total. The third-order valence-electron chi connectivity index (χ3n) is 4.42. The Morgan fingerprint density at radius 2 is 2.00 bits per heavy atom. The highest BCUT2D eigenvalue weighted by atomic mass is 19.1. The van der Waals surface area contributed by atoms with E-state index in [1.54, 1.807) is 12.1 Å². The van der Waals surface area contributed by atoms with E-state index in [4.69, 9.17) is 14.6 Å². The van der Waals surface area contributed by atoms with Crippen LogP contribution in [-0.4, -0.2) is 35.8 Å². The Hall–Kier alpha value is -2.24. The van der Waals surface area contributed by atoms with E-state index in [9.17, 15) is 9.18 Å². The first-order valence-electron chi connectivity index (χ1n) is 7.92. The van der Waals surface area contributed by atoms with E-state index in [0.717, 1.165) is 0 Å². The second-order valence-electron chi connectivity index (χ2n) is 6.93. The molecule has 0 spiro atoms. The zero-order valence-corrected chi connectivity index (χ0v) is 15.0. The van der Waals surface area contributed by atoms with E-state index in [-0.39, 0.29) is 18.1 Å². The number of nitriles is 1. The summed E-state index contributed by atoms with van der Waals surface area (Å²) in [5.41, 5.74) is -0.273. The maximum absolute atomic E-state index is 13.8. The molecule has 1 aliphatic heterocycles. The third-order valence-corrected chi connectivity index (χ3v) is 4.42. The van der Waals surface area contributed by atoms with Crippen LogP contribution in [0.2, 0.25) is 0 Å². The lowest BCUT2D eigenvalue weighted by atomic mass is 9.77. The van der Waals surface area contributed by atoms with Crippen LogP contribution in [0.5, 0.6) is 0 Å². The topological polar surface area (TPSA) is 84.2 Å². The summed E-state index contributed by atoms with van der Waals surface area (Å²) in [7, 11) is -0.685. The van der Waals surface area contributed by atoms with Crippen molar-refractivity contribution in [1.82, 2.24) is 10.3 Å². The lowest BCUT2D eigenvalue weighted by molar-refractivity contribution is -0.118. The number of nitrogens with one attached hydrogen (secondary N) is 1. The Morgan fingerprint density at radius 1 is 1.40 bits per heavy atom. The molecule has 2 heterocycles. The lowest BCUT2D eigenvalue weighted by Crippen LogP contribution is -2.41. The van der Waals surface area contributed by atoms with Crippen LogP contribution in [0.4, 0.5) is 4.39 Å². The molecule has 132 valence electrons. The van der Waals surface area contributed by atoms with E-state index in [2.05, 4.69) is 10.3 Å². The Bertz CT molecular complexity index is 740. The van der Waals surface area contributed by atoms with E-state index in [1.165, 1.54) is 19.2 Å². The minimum absolute atomic E-state index is 0.188. The van der Waals surface area contributed by atoms with Crippen LogP contribution in [0.1, 0.15) is 45.9 Å². The lowest BCUT2D eigenvalue weighted by Gasteiger charge is -2.32. The first kappa shape index (κ1) is 19.1. The van der Waals surface area contributed by atoms with Gasteiger partial charge < -0.3 is 14.6 Å². The van der Waals surface area contributed by atoms with Gasteiger partial charge in [-0.25, -0.2) is 9.37 Å². The molecule has 2 rings (SSSR count). The highest BCUT2D eigenvalue weighted by Crippen LogP contribution is 2.38. The summed E-state index contributed by atoms with van der Waals surface area (Å²) in [6.45, 7) is 9.29. The van der Waals surface area contributed by atoms with Gasteiger partial charge in [0, 0.05) is 19.7 Å². The zero-order chi connectivity index (χ0) is 18.8. The van der Waals surface area contributed by atoms with Gasteiger partial charge in [0.05, 0.1) is 11.2 Å². The van der Waals surface area contributed by atoms with Gasteiger partial charge in [0.1, 0.15) is 6.07 Å². The van der Waals surface area contributed by atoms with Crippen molar-refractivity contribution in [2.24, 2.45) is 0 Å². The number of pyridine rings is 1. The van der Waals surface area contributed by atoms with Crippen molar-refractivity contribution in [3.63, 3.8) is 0 Å². The number of nitrogens with zero attached hydrogens (tertiary/aromatic N) is 2. The molecule has 0 saturated carbocycles. The van der Waals surface area contributed by atoms with Crippen LogP contribution in [-0.2, 0) is 14.1 Å². The van der Waals surface area contributed by atoms with Gasteiger partial charge in [-0.15, -0.1) is 0 Å². The third kappa shape index (κ3) is 4.24. The number of carbonyl (C=O) groups is 1. The average molecular weight is 345 g/mol. The van der Waals surface area contributed by atoms with E-state index < -0.39 is 24.1 Å². The van der Waals surface area contributed by atoms with Gasteiger partial charge in [-0.05, 0) is 44.8 Å². The first-order chi connectivity index (χ1) is 11.6. The number of rotatable bonds is 4. The molecule has 1 fully saturated rings. The summed E-state index contributed by atoms with van der Waals surface area (Å²) in [5.74, 6) is -0.907. The second-order valence-corrected chi connectivity index (χ2v) is 6.93. The number of carbonyl (C=O) groups excluding carboxylic acids is 1. The van der Waals surface area contributed by atoms with Crippen molar-refractivity contribution < 1.29 is 18.5 Å². The molecule has 0 aliphatic carbocycles. The van der Waals surface area contributed by atoms with Crippen molar-refractivity contribution in [2.75, 3.05) is 6.54 Å². The highest BCUT2D eigenvalue weighted by Gasteiger charge is 2.52. The van der Waals surface area contributed by atoms with Crippen LogP contribution >= 0.6 is 0 Å². The zero-order valence-electron chi connectivity index (χ0n) is 15.0. The fourth-order valence-corrected chi connectivity index (χ4v) is 2.25. The van der Waals surface area contributed by atoms with Crippen molar-refractivity contribution in [3.05, 3.63) is 34.8 Å². The van der Waals surface area contributed by atoms with Gasteiger partial charge in [0.15, 0.2) is 11.5 Å². The molecule has 1 aromatic rings. The van der Waals surface area contributed by atoms with E-state index >= 15 is 0 Å². The summed E-state index contributed by atoms with van der Waals surface area (Å²) < 4.78 is 25.8. The van der Waals surface area contributed by atoms with E-state index in [1.807, 2.05) is 27.7 Å². The van der Waals surface area contributed by atoms with Gasteiger partial charge in [-0.2, -0.15) is 5.26 Å². The average Bonchev–Trinajstić information content (AvgIpc) is 2.71. The predicted molar refractivity (Wildman–Crippen MR) is 91.7 cm³/mol. The van der Waals surface area contributed by atoms with Crippen LogP contribution in [0.3, 0.4) is 0 Å². The maximum atomic E-state index is 13.8. The fraction of sp³-hybridized carbons (Fsp3) is 0.471. The molecule has 1 amide bonds. The summed E-state index contributed by atoms with van der Waals surface area (Å²) in [5, 5.41) is 11.5. The number of hydrogen-bond acceptors (Lipinski definition) is 5. The predicted octanol–water partition coefficient (Wildman–Crippen LogP) is 2.24. The smallest absolute Gasteiger partial charge is 0.400 e. The van der Waals surface area contributed by atoms with Crippen LogP contribution in [0.25, 0.3) is 6.08 Å². The van der Waals surface area contributed by atoms with Crippen molar-refractivity contribution in [1.29, 1.82) is 5.26 Å². The minimum Gasteiger partial charge on any atom is -0.400 e. The molecule has 0 unspecified atom stereocenters. The molecule has 25 heavy (non-hydrogen) atoms. The van der Waals surface area contributed by atoms with Crippen molar-refractivity contribution >= 4 is 19.1 Å². The Morgan fingerprint density at radius 3 is 2.48 bits per heavy atom. The van der Waals surface area contributed by atoms with Gasteiger partial charge in [0.25, 0.3) is 0 Å². The largest absolute Gasteiger partial charge is 0.492 e. The number of hydrogen-bond donors (Lipinski definition) is 1. The Kier molecular flexibility index (Phi) is 5.30. The number of aromatic nitrogens is 1. The molecule has 1 N–H and O–H groups in total. The SMILES string of the molecule is CC(=O)NCC(=Cc1cnc(C#N)c(F)c1)B1OC(C)(C)C(C)(C)O1. The molecule has 8 heteroatoms. The summed E-state index contributed by atoms with van der Waals surface area (Å²) in [4.78, 5) is 15.1. The molecular formula is C17H21BFN3O3. The standard InChI is InChI=1S/C17H21BFN3O3/c1-11(23)21-10-13(18-24-16(2,3)17(4,5)25-18)6-12-7-14(19)15(8-20)22-9-12/h6-7,9H,10H2,1-5H3,(H,21,23). The Labute approximate surface area is 147 Å². The molecule has 0 radical (unpaired) electrons. The summed E-state index contributed by atoms with van der Waals surface area (Å²) in [6.07, 6.45) is 3.04. The molecule has 1 aliphatic rings. The summed E-state index contributed by atoms with van der Waals surface area (Å²) in [6, 6.07) is 2.89. The van der Waals surface area contributed by atoms with Crippen LogP contribution in [0.15, 0.2) is 17.7 Å². The first-order valence-corrected chi connectivity index (χ1v) is 7.92. The molecule has 1 saturated heterocycles. The van der Waals surface area contributed by atoms with Gasteiger partial charge in [-0.1, -0.05) is 6.08 Å². The minimum atomic E-state index is -0.705. The van der Waals surface area contributed by atoms with Crippen molar-refractivity contribution in [2.45, 2.75) is 45.8 Å². The molecule has 0 aromatic carbocycles. The number of amides is 1. The summed E-state index contributed by atoms with van der Waals surface area (Å²) >= 11 is 0. The van der Waals surface area contributed by atoms with E-state index in [0.29, 0.717) is 11.0 Å². The monoisotopic (exact) mass is 345 g/mol. The van der Waals surface area contributed by atoms with Crippen LogP contribution in [0, 0.1) is 17.1 Å². The quantitative estimate of drug-likeness (QED) is 0.846. The van der Waals surface area contributed by atoms with Crippen molar-refractivity contribution in [3.8, 4) is 6.07 Å². The van der Waals surface area contributed by atoms with Gasteiger partial charge >= 0.3 is 7.12 Å². The number of halogens is 1. The van der Waals surface area contributed by atoms with Gasteiger partial charge in [0.2, 0.25) is 5.91 Å². The normalized spacial score (nSPS) is 18.8. The second kappa shape index (κ2) is 6.94. The Balaban J connectivity index is 2.35. The molecule has 0 bridgehead atoms. The highest BCUT2D eigenvalue weighted by molar-refractivity contribution is 6.56. The molecule has 1 aromatic heterocycles. The fourth-order valence-electron chi connectivity index (χ4n) is 2.25. The maximum Gasteiger partial charge on any atom is 0.492 e.